The number of hydrogen-bond acceptors (Lipinski definition) is 14. The first-order chi connectivity index (χ1) is 26.3. The van der Waals surface area contributed by atoms with E-state index in [9.17, 15) is 21.6 Å². The Morgan fingerprint density at radius 1 is 0.667 bits per heavy atom. The SMILES string of the molecule is CN(C)CCOC(=O)COc1ccc(Cl)cc1.Cl.N=C(N)c1ccc(OCCCCCOc2ccc(C(=N)N)cc2)cc1.O=S(=O)(O)CCO.O=S(=O)(O)CCO. The van der Waals surface area contributed by atoms with Gasteiger partial charge >= 0.3 is 5.97 Å². The number of hydrogen-bond donors (Lipinski definition) is 8. The number of unbranched alkanes of at least 4 members (excludes halogenated alkanes) is 2. The Labute approximate surface area is 344 Å². The van der Waals surface area contributed by atoms with E-state index in [1.54, 1.807) is 48.5 Å². The van der Waals surface area contributed by atoms with Crippen molar-refractivity contribution in [1.82, 2.24) is 4.90 Å². The van der Waals surface area contributed by atoms with E-state index in [-0.39, 0.29) is 36.7 Å². The first kappa shape index (κ1) is 54.8. The number of rotatable bonds is 20. The highest BCUT2D eigenvalue weighted by Crippen LogP contribution is 2.16. The third-order valence-electron chi connectivity index (χ3n) is 6.33. The molecule has 0 heterocycles. The van der Waals surface area contributed by atoms with Crippen LogP contribution in [0.2, 0.25) is 5.02 Å². The number of nitrogens with zero attached hydrogens (tertiary/aromatic N) is 1. The molecule has 0 saturated carbocycles. The summed E-state index contributed by atoms with van der Waals surface area (Å²) in [7, 11) is -4.02. The predicted octanol–water partition coefficient (Wildman–Crippen LogP) is 2.86. The van der Waals surface area contributed by atoms with Gasteiger partial charge in [0.15, 0.2) is 6.61 Å². The number of aliphatic hydroxyl groups is 2. The monoisotopic (exact) mass is 885 g/mol. The lowest BCUT2D eigenvalue weighted by Crippen LogP contribution is -2.22. The molecule has 0 aliphatic rings. The Morgan fingerprint density at radius 2 is 1.04 bits per heavy atom. The molecule has 0 aliphatic heterocycles. The first-order valence-electron chi connectivity index (χ1n) is 16.7. The van der Waals surface area contributed by atoms with E-state index in [2.05, 4.69) is 0 Å². The second-order valence-electron chi connectivity index (χ2n) is 11.4. The van der Waals surface area contributed by atoms with Gasteiger partial charge in [0.25, 0.3) is 20.2 Å². The number of halogens is 2. The molecule has 18 nitrogen and oxygen atoms in total. The van der Waals surface area contributed by atoms with Crippen LogP contribution in [-0.2, 0) is 29.8 Å². The van der Waals surface area contributed by atoms with Crippen molar-refractivity contribution in [2.75, 3.05) is 71.8 Å². The lowest BCUT2D eigenvalue weighted by Gasteiger charge is -2.10. The second kappa shape index (κ2) is 30.8. The third-order valence-corrected chi connectivity index (χ3v) is 7.98. The van der Waals surface area contributed by atoms with E-state index in [4.69, 9.17) is 72.2 Å². The standard InChI is InChI=1S/C19H24N4O2.C12H16ClNO3.2C2H6O4S.ClH/c20-18(21)14-4-8-16(9-5-14)24-12-2-1-3-13-25-17-10-6-15(7-11-17)19(22)23;1-14(2)7-8-16-12(15)9-17-11-5-3-10(13)4-6-11;2*3-1-2-7(4,5)6;/h4-11H,1-3,12-13H2,(H3,20,21)(H3,22,23);3-6H,7-9H2,1-2H3;2*3H,1-2H2,(H,4,5,6);1H. The minimum atomic E-state index is -3.92. The van der Waals surface area contributed by atoms with Gasteiger partial charge in [-0.1, -0.05) is 11.6 Å². The molecule has 3 aromatic rings. The Bertz CT molecular complexity index is 1690. The lowest BCUT2D eigenvalue weighted by molar-refractivity contribution is -0.146. The third kappa shape index (κ3) is 32.5. The molecule has 0 saturated heterocycles. The van der Waals surface area contributed by atoms with Crippen LogP contribution in [0, 0.1) is 10.8 Å². The molecule has 0 atom stereocenters. The minimum Gasteiger partial charge on any atom is -0.494 e. The number of carbonyl (C=O) groups excluding carboxylic acids is 1. The average Bonchev–Trinajstić information content (AvgIpc) is 3.11. The van der Waals surface area contributed by atoms with Crippen LogP contribution in [0.3, 0.4) is 0 Å². The van der Waals surface area contributed by atoms with Crippen molar-refractivity contribution in [3.05, 3.63) is 88.9 Å². The van der Waals surface area contributed by atoms with Gasteiger partial charge in [-0.3, -0.25) is 19.9 Å². The van der Waals surface area contributed by atoms with Gasteiger partial charge in [-0.2, -0.15) is 16.8 Å². The highest BCUT2D eigenvalue weighted by Gasteiger charge is 2.05. The van der Waals surface area contributed by atoms with Gasteiger partial charge in [0.2, 0.25) is 0 Å². The number of esters is 1. The molecule has 57 heavy (non-hydrogen) atoms. The summed E-state index contributed by atoms with van der Waals surface area (Å²) in [6, 6.07) is 21.2. The zero-order chi connectivity index (χ0) is 42.6. The van der Waals surface area contributed by atoms with Crippen molar-refractivity contribution < 1.29 is 59.9 Å². The fourth-order valence-electron chi connectivity index (χ4n) is 3.51. The molecule has 3 aromatic carbocycles. The molecule has 0 fully saturated rings. The lowest BCUT2D eigenvalue weighted by atomic mass is 10.2. The largest absolute Gasteiger partial charge is 0.494 e. The van der Waals surface area contributed by atoms with Crippen molar-refractivity contribution in [2.45, 2.75) is 19.3 Å². The quantitative estimate of drug-likeness (QED) is 0.0266. The number of nitrogens with one attached hydrogen (secondary N) is 2. The van der Waals surface area contributed by atoms with Crippen molar-refractivity contribution in [3.8, 4) is 17.2 Å². The summed E-state index contributed by atoms with van der Waals surface area (Å²) in [5, 5.41) is 31.0. The van der Waals surface area contributed by atoms with E-state index in [1.165, 1.54) is 0 Å². The minimum absolute atomic E-state index is 0. The molecule has 0 bridgehead atoms. The Balaban J connectivity index is 0. The summed E-state index contributed by atoms with van der Waals surface area (Å²) in [4.78, 5) is 13.2. The number of nitrogen functional groups attached to an aromatic ring is 2. The van der Waals surface area contributed by atoms with Crippen molar-refractivity contribution in [1.29, 1.82) is 10.8 Å². The van der Waals surface area contributed by atoms with Gasteiger partial charge in [-0.25, -0.2) is 4.79 Å². The van der Waals surface area contributed by atoms with Crippen LogP contribution in [0.15, 0.2) is 72.8 Å². The maximum atomic E-state index is 11.3. The zero-order valence-electron chi connectivity index (χ0n) is 31.6. The Morgan fingerprint density at radius 3 is 1.35 bits per heavy atom. The van der Waals surface area contributed by atoms with E-state index in [1.807, 2.05) is 43.3 Å². The van der Waals surface area contributed by atoms with E-state index >= 15 is 0 Å². The smallest absolute Gasteiger partial charge is 0.344 e. The molecule has 0 aromatic heterocycles. The van der Waals surface area contributed by atoms with E-state index < -0.39 is 45.0 Å². The van der Waals surface area contributed by atoms with Gasteiger partial charge in [-0.15, -0.1) is 12.4 Å². The van der Waals surface area contributed by atoms with Crippen molar-refractivity contribution >= 4 is 61.9 Å². The van der Waals surface area contributed by atoms with Crippen LogP contribution < -0.4 is 25.7 Å². The highest BCUT2D eigenvalue weighted by atomic mass is 35.5. The molecular weight excluding hydrogens is 833 g/mol. The number of aliphatic hydroxyl groups excluding tert-OH is 2. The van der Waals surface area contributed by atoms with E-state index in [0.29, 0.717) is 48.3 Å². The average molecular weight is 887 g/mol. The molecule has 10 N–H and O–H groups in total. The Kier molecular flexibility index (Phi) is 29.7. The number of nitrogens with two attached hydrogens (primary N) is 2. The zero-order valence-corrected chi connectivity index (χ0v) is 34.8. The maximum absolute atomic E-state index is 11.3. The molecule has 0 spiro atoms. The number of carbonyl (C=O) groups is 1. The van der Waals surface area contributed by atoms with Crippen molar-refractivity contribution in [3.63, 3.8) is 0 Å². The maximum Gasteiger partial charge on any atom is 0.344 e. The molecular formula is C35H53Cl2N5O13S2. The van der Waals surface area contributed by atoms with Gasteiger partial charge in [-0.05, 0) is 106 Å². The summed E-state index contributed by atoms with van der Waals surface area (Å²) in [6.45, 7) is 1.22. The molecule has 0 aliphatic carbocycles. The fraction of sp³-hybridized carbons (Fsp3) is 0.400. The van der Waals surface area contributed by atoms with Crippen molar-refractivity contribution in [2.24, 2.45) is 11.5 Å². The molecule has 322 valence electrons. The summed E-state index contributed by atoms with van der Waals surface area (Å²) >= 11 is 5.72. The van der Waals surface area contributed by atoms with Crippen LogP contribution in [0.4, 0.5) is 0 Å². The van der Waals surface area contributed by atoms with Crippen LogP contribution >= 0.6 is 24.0 Å². The summed E-state index contributed by atoms with van der Waals surface area (Å²) in [5.74, 6) is 0.754. The molecule has 0 unspecified atom stereocenters. The van der Waals surface area contributed by atoms with Crippen LogP contribution in [-0.4, -0.2) is 130 Å². The number of likely N-dealkylation sites (N-methyl/N-ethyl adjacent to an activating group) is 1. The highest BCUT2D eigenvalue weighted by molar-refractivity contribution is 7.86. The Hall–Kier alpha value is -4.25. The van der Waals surface area contributed by atoms with Gasteiger partial charge in [0.05, 0.1) is 37.9 Å². The van der Waals surface area contributed by atoms with E-state index in [0.717, 1.165) is 30.8 Å². The molecule has 22 heteroatoms. The number of amidine groups is 2. The number of benzene rings is 3. The molecule has 0 radical (unpaired) electrons. The second-order valence-corrected chi connectivity index (χ2v) is 15.0. The normalized spacial score (nSPS) is 10.5. The van der Waals surface area contributed by atoms with Crippen LogP contribution in [0.1, 0.15) is 30.4 Å². The summed E-state index contributed by atoms with van der Waals surface area (Å²) < 4.78 is 75.7. The van der Waals surface area contributed by atoms with Gasteiger partial charge in [0.1, 0.15) is 35.5 Å². The molecule has 0 amide bonds. The summed E-state index contributed by atoms with van der Waals surface area (Å²) in [6.07, 6.45) is 2.90. The predicted molar refractivity (Wildman–Crippen MR) is 220 cm³/mol. The summed E-state index contributed by atoms with van der Waals surface area (Å²) in [5.41, 5.74) is 12.2. The van der Waals surface area contributed by atoms with Crippen LogP contribution in [0.5, 0.6) is 17.2 Å². The van der Waals surface area contributed by atoms with Gasteiger partial charge < -0.3 is 45.5 Å². The fourth-order valence-corrected chi connectivity index (χ4v) is 4.10. The molecule has 3 rings (SSSR count). The first-order valence-corrected chi connectivity index (χ1v) is 20.3. The number of ether oxygens (including phenoxy) is 4. The van der Waals surface area contributed by atoms with Crippen LogP contribution in [0.25, 0.3) is 0 Å². The van der Waals surface area contributed by atoms with Gasteiger partial charge in [0, 0.05) is 22.7 Å². The topological polar surface area (TPSA) is 306 Å².